The normalized spacial score (nSPS) is 9.85. The molecular formula is C12H15ClN4O3. The Morgan fingerprint density at radius 2 is 1.65 bits per heavy atom. The van der Waals surface area contributed by atoms with Gasteiger partial charge in [0.2, 0.25) is 17.7 Å². The first-order chi connectivity index (χ1) is 9.40. The molecule has 0 saturated heterocycles. The predicted octanol–water partition coefficient (Wildman–Crippen LogP) is -0.449. The topological polar surface area (TPSA) is 119 Å². The molecule has 1 aromatic rings. The quantitative estimate of drug-likeness (QED) is 0.631. The van der Waals surface area contributed by atoms with Crippen LogP contribution in [0.2, 0.25) is 5.02 Å². The van der Waals surface area contributed by atoms with E-state index in [0.29, 0.717) is 10.7 Å². The summed E-state index contributed by atoms with van der Waals surface area (Å²) in [5.74, 6) is -1.93. The van der Waals surface area contributed by atoms with Gasteiger partial charge in [0.05, 0.1) is 30.3 Å². The van der Waals surface area contributed by atoms with E-state index >= 15 is 0 Å². The standard InChI is InChI=1S/C12H15ClN4O3/c13-8-3-1-2-4-9(8)16-5-12(20)17(6-10(14)18)7-11(15)19/h1-4,16H,5-7H2,(H2,14,18)(H2,15,19). The van der Waals surface area contributed by atoms with E-state index in [0.717, 1.165) is 4.90 Å². The number of para-hydroxylation sites is 1. The van der Waals surface area contributed by atoms with Crippen LogP contribution < -0.4 is 16.8 Å². The van der Waals surface area contributed by atoms with Gasteiger partial charge < -0.3 is 21.7 Å². The third-order valence-corrected chi connectivity index (χ3v) is 2.68. The highest BCUT2D eigenvalue weighted by atomic mass is 35.5. The number of anilines is 1. The van der Waals surface area contributed by atoms with Crippen molar-refractivity contribution in [1.82, 2.24) is 4.90 Å². The zero-order valence-electron chi connectivity index (χ0n) is 10.6. The van der Waals surface area contributed by atoms with E-state index < -0.39 is 17.7 Å². The SMILES string of the molecule is NC(=O)CN(CC(N)=O)C(=O)CNc1ccccc1Cl. The molecule has 8 heteroatoms. The molecule has 0 heterocycles. The maximum absolute atomic E-state index is 11.9. The van der Waals surface area contributed by atoms with Crippen molar-refractivity contribution in [1.29, 1.82) is 0 Å². The molecule has 0 aliphatic rings. The maximum atomic E-state index is 11.9. The minimum atomic E-state index is -0.725. The fraction of sp³-hybridized carbons (Fsp3) is 0.250. The predicted molar refractivity (Wildman–Crippen MR) is 74.9 cm³/mol. The molecule has 3 amide bonds. The average molecular weight is 299 g/mol. The molecule has 1 rings (SSSR count). The summed E-state index contributed by atoms with van der Waals surface area (Å²) in [4.78, 5) is 34.6. The fourth-order valence-electron chi connectivity index (χ4n) is 1.50. The smallest absolute Gasteiger partial charge is 0.242 e. The average Bonchev–Trinajstić information content (AvgIpc) is 2.35. The number of hydrogen-bond acceptors (Lipinski definition) is 4. The Bertz CT molecular complexity index is 505. The summed E-state index contributed by atoms with van der Waals surface area (Å²) in [7, 11) is 0. The van der Waals surface area contributed by atoms with E-state index in [1.54, 1.807) is 24.3 Å². The first kappa shape index (κ1) is 15.8. The molecule has 0 bridgehead atoms. The van der Waals surface area contributed by atoms with E-state index in [1.807, 2.05) is 0 Å². The fourth-order valence-corrected chi connectivity index (χ4v) is 1.70. The Morgan fingerprint density at radius 3 is 2.15 bits per heavy atom. The number of nitrogens with zero attached hydrogens (tertiary/aromatic N) is 1. The van der Waals surface area contributed by atoms with Crippen LogP contribution in [0, 0.1) is 0 Å². The van der Waals surface area contributed by atoms with Crippen molar-refractivity contribution in [3.05, 3.63) is 29.3 Å². The van der Waals surface area contributed by atoms with Gasteiger partial charge in [-0.1, -0.05) is 23.7 Å². The van der Waals surface area contributed by atoms with E-state index in [9.17, 15) is 14.4 Å². The molecular weight excluding hydrogens is 284 g/mol. The van der Waals surface area contributed by atoms with Crippen LogP contribution >= 0.6 is 11.6 Å². The van der Waals surface area contributed by atoms with Gasteiger partial charge in [-0.25, -0.2) is 0 Å². The number of carbonyl (C=O) groups is 3. The molecule has 7 nitrogen and oxygen atoms in total. The zero-order valence-corrected chi connectivity index (χ0v) is 11.4. The highest BCUT2D eigenvalue weighted by Crippen LogP contribution is 2.19. The van der Waals surface area contributed by atoms with Crippen LogP contribution in [0.5, 0.6) is 0 Å². The Hall–Kier alpha value is -2.28. The number of rotatable bonds is 7. The van der Waals surface area contributed by atoms with Crippen LogP contribution in [0.1, 0.15) is 0 Å². The van der Waals surface area contributed by atoms with E-state index in [2.05, 4.69) is 5.32 Å². The first-order valence-corrected chi connectivity index (χ1v) is 6.10. The summed E-state index contributed by atoms with van der Waals surface area (Å²) in [6, 6.07) is 6.87. The van der Waals surface area contributed by atoms with Crippen LogP contribution in [0.25, 0.3) is 0 Å². The Labute approximate surface area is 120 Å². The van der Waals surface area contributed by atoms with Crippen LogP contribution in [-0.4, -0.2) is 42.3 Å². The van der Waals surface area contributed by atoms with Crippen molar-refractivity contribution in [2.24, 2.45) is 11.5 Å². The molecule has 0 aliphatic carbocycles. The number of amides is 3. The lowest BCUT2D eigenvalue weighted by Crippen LogP contribution is -2.45. The molecule has 108 valence electrons. The van der Waals surface area contributed by atoms with Crippen LogP contribution in [0.4, 0.5) is 5.69 Å². The van der Waals surface area contributed by atoms with Crippen LogP contribution in [-0.2, 0) is 14.4 Å². The third-order valence-electron chi connectivity index (χ3n) is 2.35. The van der Waals surface area contributed by atoms with Crippen molar-refractivity contribution in [2.75, 3.05) is 25.0 Å². The number of halogens is 1. The summed E-state index contributed by atoms with van der Waals surface area (Å²) in [6.45, 7) is -0.873. The lowest BCUT2D eigenvalue weighted by molar-refractivity contribution is -0.136. The number of nitrogens with two attached hydrogens (primary N) is 2. The van der Waals surface area contributed by atoms with Gasteiger partial charge in [0.25, 0.3) is 0 Å². The molecule has 5 N–H and O–H groups in total. The lowest BCUT2D eigenvalue weighted by atomic mass is 10.3. The molecule has 0 saturated carbocycles. The van der Waals surface area contributed by atoms with E-state index in [-0.39, 0.29) is 19.6 Å². The first-order valence-electron chi connectivity index (χ1n) is 5.73. The second-order valence-corrected chi connectivity index (χ2v) is 4.42. The number of carbonyl (C=O) groups excluding carboxylic acids is 3. The van der Waals surface area contributed by atoms with Gasteiger partial charge in [-0.3, -0.25) is 14.4 Å². The van der Waals surface area contributed by atoms with Gasteiger partial charge in [-0.05, 0) is 12.1 Å². The number of nitrogens with one attached hydrogen (secondary N) is 1. The van der Waals surface area contributed by atoms with Gasteiger partial charge in [-0.2, -0.15) is 0 Å². The van der Waals surface area contributed by atoms with Gasteiger partial charge in [0, 0.05) is 0 Å². The van der Waals surface area contributed by atoms with E-state index in [1.165, 1.54) is 0 Å². The molecule has 20 heavy (non-hydrogen) atoms. The van der Waals surface area contributed by atoms with Crippen LogP contribution in [0.3, 0.4) is 0 Å². The van der Waals surface area contributed by atoms with Crippen molar-refractivity contribution >= 4 is 35.0 Å². The highest BCUT2D eigenvalue weighted by Gasteiger charge is 2.17. The van der Waals surface area contributed by atoms with Crippen molar-refractivity contribution in [3.63, 3.8) is 0 Å². The lowest BCUT2D eigenvalue weighted by Gasteiger charge is -2.20. The minimum absolute atomic E-state index is 0.135. The van der Waals surface area contributed by atoms with E-state index in [4.69, 9.17) is 23.1 Å². The van der Waals surface area contributed by atoms with Gasteiger partial charge in [0.1, 0.15) is 0 Å². The van der Waals surface area contributed by atoms with Gasteiger partial charge >= 0.3 is 0 Å². The summed E-state index contributed by atoms with van der Waals surface area (Å²) < 4.78 is 0. The summed E-state index contributed by atoms with van der Waals surface area (Å²) >= 11 is 5.92. The Morgan fingerprint density at radius 1 is 1.10 bits per heavy atom. The summed E-state index contributed by atoms with van der Waals surface area (Å²) in [5.41, 5.74) is 10.6. The molecule has 0 unspecified atom stereocenters. The summed E-state index contributed by atoms with van der Waals surface area (Å²) in [6.07, 6.45) is 0. The zero-order chi connectivity index (χ0) is 15.1. The molecule has 0 spiro atoms. The molecule has 0 aromatic heterocycles. The Balaban J connectivity index is 2.64. The molecule has 0 atom stereocenters. The minimum Gasteiger partial charge on any atom is -0.375 e. The monoisotopic (exact) mass is 298 g/mol. The van der Waals surface area contributed by atoms with Gasteiger partial charge in [-0.15, -0.1) is 0 Å². The molecule has 1 aromatic carbocycles. The largest absolute Gasteiger partial charge is 0.375 e. The van der Waals surface area contributed by atoms with Gasteiger partial charge in [0.15, 0.2) is 0 Å². The molecule has 0 aliphatic heterocycles. The maximum Gasteiger partial charge on any atom is 0.242 e. The number of hydrogen-bond donors (Lipinski definition) is 3. The van der Waals surface area contributed by atoms with Crippen molar-refractivity contribution in [3.8, 4) is 0 Å². The van der Waals surface area contributed by atoms with Crippen LogP contribution in [0.15, 0.2) is 24.3 Å². The molecule has 0 radical (unpaired) electrons. The highest BCUT2D eigenvalue weighted by molar-refractivity contribution is 6.33. The number of benzene rings is 1. The van der Waals surface area contributed by atoms with Crippen molar-refractivity contribution < 1.29 is 14.4 Å². The number of primary amides is 2. The Kier molecular flexibility index (Phi) is 5.79. The second kappa shape index (κ2) is 7.34. The summed E-state index contributed by atoms with van der Waals surface area (Å²) in [5, 5.41) is 3.27. The second-order valence-electron chi connectivity index (χ2n) is 4.02. The van der Waals surface area contributed by atoms with Crippen molar-refractivity contribution in [2.45, 2.75) is 0 Å². The molecule has 0 fully saturated rings. The third kappa shape index (κ3) is 5.15.